The molecular formula is C28H21NO3. The molecule has 0 saturated carbocycles. The number of hydrogen-bond acceptors (Lipinski definition) is 4. The Morgan fingerprint density at radius 2 is 1.41 bits per heavy atom. The zero-order chi connectivity index (χ0) is 22.0. The zero-order valence-electron chi connectivity index (χ0n) is 17.6. The average Bonchev–Trinajstić information content (AvgIpc) is 3.27. The van der Waals surface area contributed by atoms with Gasteiger partial charge in [0.15, 0.2) is 17.3 Å². The first-order valence-corrected chi connectivity index (χ1v) is 10.9. The molecule has 156 valence electrons. The fourth-order valence-electron chi connectivity index (χ4n) is 6.10. The van der Waals surface area contributed by atoms with Gasteiger partial charge in [-0.25, -0.2) is 0 Å². The van der Waals surface area contributed by atoms with E-state index in [9.17, 15) is 14.4 Å². The van der Waals surface area contributed by atoms with E-state index in [2.05, 4.69) is 0 Å². The summed E-state index contributed by atoms with van der Waals surface area (Å²) in [5.41, 5.74) is 2.22. The molecule has 3 aliphatic rings. The molecule has 1 saturated heterocycles. The van der Waals surface area contributed by atoms with E-state index in [1.54, 1.807) is 31.2 Å². The topological polar surface area (TPSA) is 54.5 Å². The largest absolute Gasteiger partial charge is 0.352 e. The zero-order valence-corrected chi connectivity index (χ0v) is 17.6. The lowest BCUT2D eigenvalue weighted by Crippen LogP contribution is -2.48. The molecule has 0 unspecified atom stereocenters. The fraction of sp³-hybridized carbons (Fsp3) is 0.179. The SMILES string of the molecule is CC(=O)[C@@H]1[C@H](c2ccccc2)C2(C(=O)c3ccccc3C2=O)[C@H]2C=Cc3ccccc3N12. The van der Waals surface area contributed by atoms with Crippen molar-refractivity contribution >= 4 is 29.1 Å². The highest BCUT2D eigenvalue weighted by Gasteiger charge is 2.71. The lowest BCUT2D eigenvalue weighted by atomic mass is 9.64. The Morgan fingerprint density at radius 3 is 2.06 bits per heavy atom. The summed E-state index contributed by atoms with van der Waals surface area (Å²) in [5.74, 6) is -1.01. The Kier molecular flexibility index (Phi) is 3.91. The summed E-state index contributed by atoms with van der Waals surface area (Å²) in [6.45, 7) is 1.56. The van der Waals surface area contributed by atoms with Crippen LogP contribution in [0.15, 0.2) is 84.9 Å². The van der Waals surface area contributed by atoms with Gasteiger partial charge in [0, 0.05) is 22.7 Å². The summed E-state index contributed by atoms with van der Waals surface area (Å²) < 4.78 is 0. The van der Waals surface area contributed by atoms with E-state index in [1.165, 1.54) is 0 Å². The van der Waals surface area contributed by atoms with Crippen molar-refractivity contribution in [3.63, 3.8) is 0 Å². The van der Waals surface area contributed by atoms with Crippen LogP contribution in [-0.4, -0.2) is 29.4 Å². The third-order valence-corrected chi connectivity index (χ3v) is 7.29. The van der Waals surface area contributed by atoms with Crippen molar-refractivity contribution in [1.82, 2.24) is 0 Å². The molecule has 1 aliphatic carbocycles. The third kappa shape index (κ3) is 2.19. The molecule has 2 heterocycles. The molecule has 2 aliphatic heterocycles. The Morgan fingerprint density at radius 1 is 0.812 bits per heavy atom. The predicted octanol–water partition coefficient (Wildman–Crippen LogP) is 4.71. The van der Waals surface area contributed by atoms with E-state index >= 15 is 0 Å². The minimum atomic E-state index is -1.38. The van der Waals surface area contributed by atoms with Gasteiger partial charge in [0.1, 0.15) is 5.41 Å². The van der Waals surface area contributed by atoms with Crippen molar-refractivity contribution in [2.24, 2.45) is 5.41 Å². The van der Waals surface area contributed by atoms with E-state index in [1.807, 2.05) is 71.6 Å². The number of fused-ring (bicyclic) bond motifs is 5. The average molecular weight is 419 g/mol. The number of benzene rings is 3. The molecule has 1 fully saturated rings. The standard InChI is InChI=1S/C28H21NO3/c1-17(30)25-24(19-10-3-2-4-11-19)28(26(31)20-12-6-7-13-21(20)27(28)32)23-16-15-18-9-5-8-14-22(18)29(23)25/h2-16,23-25H,1H3/t23-,24+,25-/m1/s1. The van der Waals surface area contributed by atoms with Crippen LogP contribution < -0.4 is 4.90 Å². The number of rotatable bonds is 2. The summed E-state index contributed by atoms with van der Waals surface area (Å²) in [5, 5.41) is 0. The molecule has 0 aromatic heterocycles. The van der Waals surface area contributed by atoms with Crippen LogP contribution in [0.2, 0.25) is 0 Å². The second-order valence-electron chi connectivity index (χ2n) is 8.79. The lowest BCUT2D eigenvalue weighted by Gasteiger charge is -2.37. The summed E-state index contributed by atoms with van der Waals surface area (Å²) in [4.78, 5) is 43.6. The molecule has 3 atom stereocenters. The van der Waals surface area contributed by atoms with E-state index in [0.717, 1.165) is 16.8 Å². The number of ketones is 3. The first-order valence-electron chi connectivity index (χ1n) is 10.9. The molecule has 0 amide bonds. The van der Waals surface area contributed by atoms with Crippen LogP contribution in [0.4, 0.5) is 5.69 Å². The van der Waals surface area contributed by atoms with E-state index in [0.29, 0.717) is 11.1 Å². The van der Waals surface area contributed by atoms with Gasteiger partial charge in [-0.3, -0.25) is 14.4 Å². The van der Waals surface area contributed by atoms with Gasteiger partial charge in [0.05, 0.1) is 12.1 Å². The molecule has 32 heavy (non-hydrogen) atoms. The smallest absolute Gasteiger partial charge is 0.180 e. The quantitative estimate of drug-likeness (QED) is 0.565. The van der Waals surface area contributed by atoms with Crippen LogP contribution in [0, 0.1) is 5.41 Å². The molecule has 0 radical (unpaired) electrons. The molecule has 0 bridgehead atoms. The van der Waals surface area contributed by atoms with Gasteiger partial charge in [-0.15, -0.1) is 0 Å². The Hall–Kier alpha value is -3.79. The first kappa shape index (κ1) is 18.9. The Labute approximate surface area is 186 Å². The van der Waals surface area contributed by atoms with Crippen molar-refractivity contribution in [3.8, 4) is 0 Å². The van der Waals surface area contributed by atoms with Gasteiger partial charge < -0.3 is 4.90 Å². The van der Waals surface area contributed by atoms with Crippen LogP contribution >= 0.6 is 0 Å². The number of Topliss-reactive ketones (excluding diaryl/α,β-unsaturated/α-hetero) is 3. The minimum Gasteiger partial charge on any atom is -0.352 e. The van der Waals surface area contributed by atoms with Gasteiger partial charge in [0.2, 0.25) is 0 Å². The molecule has 4 heteroatoms. The molecular weight excluding hydrogens is 398 g/mol. The van der Waals surface area contributed by atoms with Crippen molar-refractivity contribution in [3.05, 3.63) is 107 Å². The van der Waals surface area contributed by atoms with Crippen LogP contribution in [-0.2, 0) is 4.79 Å². The fourth-order valence-corrected chi connectivity index (χ4v) is 6.10. The molecule has 0 N–H and O–H groups in total. The normalized spacial score (nSPS) is 24.4. The van der Waals surface area contributed by atoms with Gasteiger partial charge in [0.25, 0.3) is 0 Å². The van der Waals surface area contributed by atoms with Gasteiger partial charge in [-0.1, -0.05) is 84.9 Å². The number of carbonyl (C=O) groups is 3. The molecule has 4 nitrogen and oxygen atoms in total. The Balaban J connectivity index is 1.69. The highest BCUT2D eigenvalue weighted by atomic mass is 16.2. The molecule has 3 aromatic rings. The maximum atomic E-state index is 14.2. The Bertz CT molecular complexity index is 1290. The van der Waals surface area contributed by atoms with Gasteiger partial charge in [-0.05, 0) is 24.1 Å². The summed E-state index contributed by atoms with van der Waals surface area (Å²) in [6.07, 6.45) is 3.93. The van der Waals surface area contributed by atoms with E-state index in [-0.39, 0.29) is 17.3 Å². The van der Waals surface area contributed by atoms with Crippen LogP contribution in [0.5, 0.6) is 0 Å². The molecule has 6 rings (SSSR count). The summed E-state index contributed by atoms with van der Waals surface area (Å²) in [6, 6.07) is 23.3. The van der Waals surface area contributed by atoms with Gasteiger partial charge >= 0.3 is 0 Å². The summed E-state index contributed by atoms with van der Waals surface area (Å²) in [7, 11) is 0. The molecule has 1 spiro atoms. The van der Waals surface area contributed by atoms with Crippen LogP contribution in [0.25, 0.3) is 6.08 Å². The van der Waals surface area contributed by atoms with Crippen molar-refractivity contribution in [2.45, 2.75) is 24.9 Å². The minimum absolute atomic E-state index is 0.0533. The van der Waals surface area contributed by atoms with Gasteiger partial charge in [-0.2, -0.15) is 0 Å². The number of anilines is 1. The van der Waals surface area contributed by atoms with Crippen molar-refractivity contribution < 1.29 is 14.4 Å². The van der Waals surface area contributed by atoms with Crippen molar-refractivity contribution in [2.75, 3.05) is 4.90 Å². The third-order valence-electron chi connectivity index (χ3n) is 7.29. The number of hydrogen-bond donors (Lipinski definition) is 0. The number of para-hydroxylation sites is 1. The predicted molar refractivity (Wildman–Crippen MR) is 123 cm³/mol. The molecule has 3 aromatic carbocycles. The van der Waals surface area contributed by atoms with Crippen LogP contribution in [0.3, 0.4) is 0 Å². The summed E-state index contributed by atoms with van der Waals surface area (Å²) >= 11 is 0. The lowest BCUT2D eigenvalue weighted by molar-refractivity contribution is -0.118. The van der Waals surface area contributed by atoms with Crippen LogP contribution in [0.1, 0.15) is 44.7 Å². The number of nitrogens with zero attached hydrogens (tertiary/aromatic N) is 1. The number of carbonyl (C=O) groups excluding carboxylic acids is 3. The monoisotopic (exact) mass is 419 g/mol. The maximum absolute atomic E-state index is 14.2. The van der Waals surface area contributed by atoms with Crippen molar-refractivity contribution in [1.29, 1.82) is 0 Å². The highest BCUT2D eigenvalue weighted by Crippen LogP contribution is 2.60. The van der Waals surface area contributed by atoms with E-state index < -0.39 is 23.4 Å². The highest BCUT2D eigenvalue weighted by molar-refractivity contribution is 6.32. The maximum Gasteiger partial charge on any atom is 0.180 e. The second-order valence-corrected chi connectivity index (χ2v) is 8.79. The van der Waals surface area contributed by atoms with E-state index in [4.69, 9.17) is 0 Å². The first-order chi connectivity index (χ1) is 15.6. The second kappa shape index (κ2) is 6.60.